The fraction of sp³-hybridized carbons (Fsp3) is 0. The molecule has 0 aliphatic heterocycles. The van der Waals surface area contributed by atoms with Crippen LogP contribution in [0.3, 0.4) is 0 Å². The molecule has 0 atom stereocenters. The molecule has 0 saturated heterocycles. The summed E-state index contributed by atoms with van der Waals surface area (Å²) in [5.74, 6) is -1.36. The van der Waals surface area contributed by atoms with Crippen molar-refractivity contribution in [3.05, 3.63) is 39.4 Å². The zero-order valence-electron chi connectivity index (χ0n) is 7.14. The zero-order valence-corrected chi connectivity index (χ0v) is 7.89. The van der Waals surface area contributed by atoms with Crippen LogP contribution < -0.4 is 0 Å². The van der Waals surface area contributed by atoms with Crippen LogP contribution in [-0.2, 0) is 0 Å². The Morgan fingerprint density at radius 1 is 1.27 bits per heavy atom. The van der Waals surface area contributed by atoms with Gasteiger partial charge in [-0.2, -0.15) is 0 Å². The predicted molar refractivity (Wildman–Crippen MR) is 50.2 cm³/mol. The predicted octanol–water partition coefficient (Wildman–Crippen LogP) is 1.67. The second-order valence-electron chi connectivity index (χ2n) is 2.60. The highest BCUT2D eigenvalue weighted by atomic mass is 35.5. The average Bonchev–Trinajstić information content (AvgIpc) is 2.16. The third-order valence-electron chi connectivity index (χ3n) is 1.60. The van der Waals surface area contributed by atoms with Crippen molar-refractivity contribution in [3.8, 4) is 0 Å². The third-order valence-corrected chi connectivity index (χ3v) is 1.82. The Hall–Kier alpha value is -1.95. The number of halogens is 1. The molecule has 0 spiro atoms. The molecule has 0 bridgehead atoms. The van der Waals surface area contributed by atoms with Crippen molar-refractivity contribution in [1.82, 2.24) is 0 Å². The number of benzene rings is 1. The van der Waals surface area contributed by atoms with E-state index < -0.39 is 21.8 Å². The Bertz CT molecular complexity index is 377. The van der Waals surface area contributed by atoms with Crippen molar-refractivity contribution in [1.29, 1.82) is 0 Å². The van der Waals surface area contributed by atoms with Gasteiger partial charge in [0.2, 0.25) is 0 Å². The molecular weight excluding hydrogens is 226 g/mol. The molecule has 1 aromatic carbocycles. The molecule has 7 heteroatoms. The summed E-state index contributed by atoms with van der Waals surface area (Å²) in [7, 11) is 0. The Labute approximate surface area is 88.2 Å². The number of carboxylic acid groups (broad SMARTS) is 1. The zero-order chi connectivity index (χ0) is 11.6. The first kappa shape index (κ1) is 11.1. The van der Waals surface area contributed by atoms with Crippen molar-refractivity contribution in [2.24, 2.45) is 0 Å². The highest BCUT2D eigenvalue weighted by Crippen LogP contribution is 2.18. The lowest BCUT2D eigenvalue weighted by molar-refractivity contribution is -0.384. The number of hydrogen-bond acceptors (Lipinski definition) is 4. The number of non-ortho nitro benzene ring substituents is 1. The fourth-order valence-electron chi connectivity index (χ4n) is 0.954. The maximum Gasteiger partial charge on any atom is 0.335 e. The number of nitro groups is 1. The molecule has 1 rings (SSSR count). The van der Waals surface area contributed by atoms with E-state index in [-0.39, 0.29) is 11.1 Å². The number of carbonyl (C=O) groups excluding carboxylic acids is 1. The van der Waals surface area contributed by atoms with Gasteiger partial charge in [-0.1, -0.05) is 0 Å². The summed E-state index contributed by atoms with van der Waals surface area (Å²) in [6, 6.07) is 2.75. The molecule has 6 nitrogen and oxygen atoms in total. The van der Waals surface area contributed by atoms with Gasteiger partial charge in [0.1, 0.15) is 0 Å². The number of carbonyl (C=O) groups is 2. The van der Waals surface area contributed by atoms with Gasteiger partial charge in [0.05, 0.1) is 10.5 Å². The van der Waals surface area contributed by atoms with Crippen LogP contribution in [0, 0.1) is 10.1 Å². The molecule has 15 heavy (non-hydrogen) atoms. The first-order chi connectivity index (χ1) is 6.91. The average molecular weight is 230 g/mol. The van der Waals surface area contributed by atoms with Gasteiger partial charge in [0.25, 0.3) is 10.9 Å². The molecule has 0 fully saturated rings. The van der Waals surface area contributed by atoms with Crippen molar-refractivity contribution < 1.29 is 19.6 Å². The van der Waals surface area contributed by atoms with E-state index in [2.05, 4.69) is 0 Å². The van der Waals surface area contributed by atoms with Crippen LogP contribution in [0.25, 0.3) is 0 Å². The van der Waals surface area contributed by atoms with E-state index in [0.29, 0.717) is 0 Å². The molecule has 0 aromatic heterocycles. The lowest BCUT2D eigenvalue weighted by atomic mass is 10.1. The number of aromatic carboxylic acids is 1. The minimum Gasteiger partial charge on any atom is -0.478 e. The molecule has 0 unspecified atom stereocenters. The maximum absolute atomic E-state index is 10.7. The molecule has 0 saturated carbocycles. The molecule has 0 radical (unpaired) electrons. The van der Waals surface area contributed by atoms with Gasteiger partial charge in [-0.25, -0.2) is 4.79 Å². The normalized spacial score (nSPS) is 9.67. The standard InChI is InChI=1S/C8H4ClNO5/c9-7(11)4-1-5(8(12)13)3-6(2-4)10(14)15/h1-3H,(H,12,13). The molecule has 1 aromatic rings. The topological polar surface area (TPSA) is 97.5 Å². The third kappa shape index (κ3) is 2.50. The SMILES string of the molecule is O=C(O)c1cc(C(=O)Cl)cc([N+](=O)[O-])c1. The summed E-state index contributed by atoms with van der Waals surface area (Å²) < 4.78 is 0. The summed E-state index contributed by atoms with van der Waals surface area (Å²) in [4.78, 5) is 30.9. The molecule has 0 aliphatic carbocycles. The van der Waals surface area contributed by atoms with Gasteiger partial charge < -0.3 is 5.11 Å². The molecule has 1 N–H and O–H groups in total. The minimum absolute atomic E-state index is 0.219. The van der Waals surface area contributed by atoms with E-state index in [4.69, 9.17) is 16.7 Å². The largest absolute Gasteiger partial charge is 0.478 e. The quantitative estimate of drug-likeness (QED) is 0.483. The molecule has 0 aliphatic rings. The van der Waals surface area contributed by atoms with Gasteiger partial charge in [0, 0.05) is 17.7 Å². The van der Waals surface area contributed by atoms with Crippen molar-refractivity contribution in [3.63, 3.8) is 0 Å². The van der Waals surface area contributed by atoms with Crippen LogP contribution in [0.15, 0.2) is 18.2 Å². The van der Waals surface area contributed by atoms with Crippen LogP contribution in [0.5, 0.6) is 0 Å². The van der Waals surface area contributed by atoms with Crippen LogP contribution in [0.4, 0.5) is 5.69 Å². The molecular formula is C8H4ClNO5. The van der Waals surface area contributed by atoms with Crippen molar-refractivity contribution in [2.45, 2.75) is 0 Å². The molecule has 0 heterocycles. The Morgan fingerprint density at radius 3 is 2.20 bits per heavy atom. The van der Waals surface area contributed by atoms with Gasteiger partial charge in [-0.05, 0) is 17.7 Å². The van der Waals surface area contributed by atoms with E-state index in [1.165, 1.54) is 0 Å². The number of nitrogens with zero attached hydrogens (tertiary/aromatic N) is 1. The van der Waals surface area contributed by atoms with E-state index in [9.17, 15) is 19.7 Å². The molecule has 0 amide bonds. The minimum atomic E-state index is -1.36. The Balaban J connectivity index is 3.39. The van der Waals surface area contributed by atoms with Crippen molar-refractivity contribution >= 4 is 28.5 Å². The smallest absolute Gasteiger partial charge is 0.335 e. The maximum atomic E-state index is 10.7. The van der Waals surface area contributed by atoms with E-state index >= 15 is 0 Å². The number of rotatable bonds is 3. The summed E-state index contributed by atoms with van der Waals surface area (Å²) in [6.07, 6.45) is 0. The summed E-state index contributed by atoms with van der Waals surface area (Å²) >= 11 is 5.10. The van der Waals surface area contributed by atoms with E-state index in [1.807, 2.05) is 0 Å². The highest BCUT2D eigenvalue weighted by molar-refractivity contribution is 6.67. The summed E-state index contributed by atoms with van der Waals surface area (Å²) in [6.45, 7) is 0. The second kappa shape index (κ2) is 4.05. The number of carboxylic acids is 1. The van der Waals surface area contributed by atoms with Gasteiger partial charge in [0.15, 0.2) is 0 Å². The highest BCUT2D eigenvalue weighted by Gasteiger charge is 2.16. The first-order valence-corrected chi connectivity index (χ1v) is 4.02. The van der Waals surface area contributed by atoms with Gasteiger partial charge >= 0.3 is 5.97 Å². The first-order valence-electron chi connectivity index (χ1n) is 3.64. The van der Waals surface area contributed by atoms with Crippen molar-refractivity contribution in [2.75, 3.05) is 0 Å². The molecule has 78 valence electrons. The van der Waals surface area contributed by atoms with Crippen LogP contribution in [0.1, 0.15) is 20.7 Å². The Morgan fingerprint density at radius 2 is 1.80 bits per heavy atom. The van der Waals surface area contributed by atoms with Crippen LogP contribution >= 0.6 is 11.6 Å². The summed E-state index contributed by atoms with van der Waals surface area (Å²) in [5, 5.41) is 18.1. The second-order valence-corrected chi connectivity index (χ2v) is 2.95. The number of hydrogen-bond donors (Lipinski definition) is 1. The monoisotopic (exact) mass is 229 g/mol. The summed E-state index contributed by atoms with van der Waals surface area (Å²) in [5.41, 5.74) is -1.06. The van der Waals surface area contributed by atoms with Crippen LogP contribution in [-0.4, -0.2) is 21.2 Å². The lowest BCUT2D eigenvalue weighted by Gasteiger charge is -1.98. The van der Waals surface area contributed by atoms with E-state index in [1.54, 1.807) is 0 Å². The fourth-order valence-corrected chi connectivity index (χ4v) is 1.06. The lowest BCUT2D eigenvalue weighted by Crippen LogP contribution is -2.01. The van der Waals surface area contributed by atoms with E-state index in [0.717, 1.165) is 18.2 Å². The Kier molecular flexibility index (Phi) is 3.01. The van der Waals surface area contributed by atoms with Gasteiger partial charge in [-0.3, -0.25) is 14.9 Å². The van der Waals surface area contributed by atoms with Crippen LogP contribution in [0.2, 0.25) is 0 Å². The number of nitro benzene ring substituents is 1. The van der Waals surface area contributed by atoms with Gasteiger partial charge in [-0.15, -0.1) is 0 Å².